The van der Waals surface area contributed by atoms with Gasteiger partial charge in [-0.05, 0) is 30.2 Å². The highest BCUT2D eigenvalue weighted by Crippen LogP contribution is 2.23. The van der Waals surface area contributed by atoms with E-state index in [0.717, 1.165) is 23.1 Å². The van der Waals surface area contributed by atoms with Crippen LogP contribution in [0.1, 0.15) is 15.9 Å². The molecule has 2 aromatic carbocycles. The molecule has 1 atom stereocenters. The maximum absolute atomic E-state index is 12.3. The molecule has 3 nitrogen and oxygen atoms in total. The second-order valence-corrected chi connectivity index (χ2v) is 5.85. The second-order valence-electron chi connectivity index (χ2n) is 4.93. The van der Waals surface area contributed by atoms with Crippen LogP contribution in [0.5, 0.6) is 0 Å². The number of benzene rings is 2. The van der Waals surface area contributed by atoms with Gasteiger partial charge in [0, 0.05) is 16.7 Å². The standard InChI is InChI=1S/C16H15BrN2O/c17-12-6-7-15-14(9-12)16(20)19-13(10-18-15)8-11-4-2-1-3-5-11/h1-7,9,13,18H,8,10H2,(H,19,20). The Kier molecular flexibility index (Phi) is 3.74. The molecule has 3 rings (SSSR count). The molecule has 20 heavy (non-hydrogen) atoms. The molecule has 1 unspecified atom stereocenters. The van der Waals surface area contributed by atoms with Gasteiger partial charge in [-0.1, -0.05) is 46.3 Å². The molecule has 0 bridgehead atoms. The smallest absolute Gasteiger partial charge is 0.253 e. The Morgan fingerprint density at radius 1 is 1.15 bits per heavy atom. The molecule has 2 N–H and O–H groups in total. The van der Waals surface area contributed by atoms with E-state index in [2.05, 4.69) is 38.7 Å². The Balaban J connectivity index is 1.79. The van der Waals surface area contributed by atoms with Crippen LogP contribution in [0.15, 0.2) is 53.0 Å². The summed E-state index contributed by atoms with van der Waals surface area (Å²) in [6.07, 6.45) is 0.828. The van der Waals surface area contributed by atoms with Gasteiger partial charge in [-0.3, -0.25) is 4.79 Å². The Morgan fingerprint density at radius 2 is 1.95 bits per heavy atom. The first-order valence-corrected chi connectivity index (χ1v) is 7.40. The number of anilines is 1. The molecule has 1 aliphatic heterocycles. The van der Waals surface area contributed by atoms with Crippen LogP contribution in [-0.4, -0.2) is 18.5 Å². The lowest BCUT2D eigenvalue weighted by molar-refractivity contribution is 0.0942. The number of carbonyl (C=O) groups is 1. The highest BCUT2D eigenvalue weighted by molar-refractivity contribution is 9.10. The molecule has 0 radical (unpaired) electrons. The Bertz CT molecular complexity index is 628. The van der Waals surface area contributed by atoms with Gasteiger partial charge in [0.05, 0.1) is 11.6 Å². The summed E-state index contributed by atoms with van der Waals surface area (Å²) >= 11 is 3.40. The fraction of sp³-hybridized carbons (Fsp3) is 0.188. The molecule has 0 fully saturated rings. The predicted molar refractivity (Wildman–Crippen MR) is 84.0 cm³/mol. The van der Waals surface area contributed by atoms with Crippen LogP contribution in [0.2, 0.25) is 0 Å². The van der Waals surface area contributed by atoms with E-state index in [1.165, 1.54) is 5.56 Å². The van der Waals surface area contributed by atoms with E-state index in [1.54, 1.807) is 0 Å². The molecule has 0 saturated heterocycles. The van der Waals surface area contributed by atoms with Crippen LogP contribution in [0.4, 0.5) is 5.69 Å². The van der Waals surface area contributed by atoms with Gasteiger partial charge in [-0.15, -0.1) is 0 Å². The van der Waals surface area contributed by atoms with E-state index in [1.807, 2.05) is 36.4 Å². The second kappa shape index (κ2) is 5.67. The van der Waals surface area contributed by atoms with Gasteiger partial charge in [-0.25, -0.2) is 0 Å². The van der Waals surface area contributed by atoms with E-state index in [4.69, 9.17) is 0 Å². The van der Waals surface area contributed by atoms with Crippen molar-refractivity contribution >= 4 is 27.5 Å². The summed E-state index contributed by atoms with van der Waals surface area (Å²) in [5.74, 6) is -0.0211. The van der Waals surface area contributed by atoms with Crippen molar-refractivity contribution in [1.29, 1.82) is 0 Å². The molecule has 1 aliphatic rings. The first-order chi connectivity index (χ1) is 9.72. The fourth-order valence-corrected chi connectivity index (χ4v) is 2.79. The molecule has 0 spiro atoms. The summed E-state index contributed by atoms with van der Waals surface area (Å²) in [5.41, 5.74) is 2.81. The predicted octanol–water partition coefficient (Wildman–Crippen LogP) is 3.22. The van der Waals surface area contributed by atoms with Gasteiger partial charge in [0.25, 0.3) is 5.91 Å². The minimum atomic E-state index is -0.0211. The monoisotopic (exact) mass is 330 g/mol. The molecule has 0 aromatic heterocycles. The van der Waals surface area contributed by atoms with E-state index < -0.39 is 0 Å². The third-order valence-electron chi connectivity index (χ3n) is 3.43. The van der Waals surface area contributed by atoms with Gasteiger partial charge in [0.1, 0.15) is 0 Å². The molecule has 4 heteroatoms. The molecule has 2 aromatic rings. The summed E-state index contributed by atoms with van der Waals surface area (Å²) in [4.78, 5) is 12.3. The zero-order chi connectivity index (χ0) is 13.9. The first kappa shape index (κ1) is 13.2. The summed E-state index contributed by atoms with van der Waals surface area (Å²) in [5, 5.41) is 6.44. The van der Waals surface area contributed by atoms with Crippen molar-refractivity contribution in [2.45, 2.75) is 12.5 Å². The highest BCUT2D eigenvalue weighted by Gasteiger charge is 2.21. The molecule has 0 saturated carbocycles. The number of rotatable bonds is 2. The van der Waals surface area contributed by atoms with Crippen LogP contribution < -0.4 is 10.6 Å². The van der Waals surface area contributed by atoms with Gasteiger partial charge in [0.2, 0.25) is 0 Å². The van der Waals surface area contributed by atoms with Crippen LogP contribution in [0.3, 0.4) is 0 Å². The molecular weight excluding hydrogens is 316 g/mol. The zero-order valence-corrected chi connectivity index (χ0v) is 12.5. The van der Waals surface area contributed by atoms with Crippen molar-refractivity contribution < 1.29 is 4.79 Å². The minimum absolute atomic E-state index is 0.0211. The van der Waals surface area contributed by atoms with Gasteiger partial charge >= 0.3 is 0 Å². The van der Waals surface area contributed by atoms with Crippen molar-refractivity contribution in [3.63, 3.8) is 0 Å². The molecule has 102 valence electrons. The number of hydrogen-bond donors (Lipinski definition) is 2. The Morgan fingerprint density at radius 3 is 2.75 bits per heavy atom. The maximum Gasteiger partial charge on any atom is 0.253 e. The van der Waals surface area contributed by atoms with Crippen LogP contribution >= 0.6 is 15.9 Å². The summed E-state index contributed by atoms with van der Waals surface area (Å²) < 4.78 is 0.912. The zero-order valence-electron chi connectivity index (χ0n) is 10.9. The normalized spacial score (nSPS) is 17.6. The third kappa shape index (κ3) is 2.85. The summed E-state index contributed by atoms with van der Waals surface area (Å²) in [6, 6.07) is 16.0. The molecular formula is C16H15BrN2O. The van der Waals surface area contributed by atoms with E-state index in [9.17, 15) is 4.79 Å². The third-order valence-corrected chi connectivity index (χ3v) is 3.92. The van der Waals surface area contributed by atoms with Gasteiger partial charge < -0.3 is 10.6 Å². The first-order valence-electron chi connectivity index (χ1n) is 6.60. The lowest BCUT2D eigenvalue weighted by Gasteiger charge is -2.15. The molecule has 0 aliphatic carbocycles. The number of hydrogen-bond acceptors (Lipinski definition) is 2. The molecule has 1 heterocycles. The van der Waals surface area contributed by atoms with Gasteiger partial charge in [-0.2, -0.15) is 0 Å². The van der Waals surface area contributed by atoms with Crippen LogP contribution in [-0.2, 0) is 6.42 Å². The maximum atomic E-state index is 12.3. The van der Waals surface area contributed by atoms with Crippen molar-refractivity contribution in [1.82, 2.24) is 5.32 Å². The number of amides is 1. The van der Waals surface area contributed by atoms with Crippen molar-refractivity contribution in [3.8, 4) is 0 Å². The van der Waals surface area contributed by atoms with Crippen molar-refractivity contribution in [3.05, 3.63) is 64.1 Å². The Labute approximate surface area is 126 Å². The molecule has 1 amide bonds. The number of nitrogens with one attached hydrogen (secondary N) is 2. The number of halogens is 1. The topological polar surface area (TPSA) is 41.1 Å². The number of carbonyl (C=O) groups excluding carboxylic acids is 1. The Hall–Kier alpha value is -1.81. The van der Waals surface area contributed by atoms with Crippen molar-refractivity contribution in [2.24, 2.45) is 0 Å². The van der Waals surface area contributed by atoms with Crippen LogP contribution in [0, 0.1) is 0 Å². The quantitative estimate of drug-likeness (QED) is 0.887. The lowest BCUT2D eigenvalue weighted by atomic mass is 10.1. The summed E-state index contributed by atoms with van der Waals surface area (Å²) in [7, 11) is 0. The average molecular weight is 331 g/mol. The van der Waals surface area contributed by atoms with Crippen molar-refractivity contribution in [2.75, 3.05) is 11.9 Å². The lowest BCUT2D eigenvalue weighted by Crippen LogP contribution is -2.38. The highest BCUT2D eigenvalue weighted by atomic mass is 79.9. The van der Waals surface area contributed by atoms with E-state index in [-0.39, 0.29) is 11.9 Å². The largest absolute Gasteiger partial charge is 0.382 e. The summed E-state index contributed by atoms with van der Waals surface area (Å²) in [6.45, 7) is 0.731. The average Bonchev–Trinajstić information content (AvgIpc) is 2.60. The number of fused-ring (bicyclic) bond motifs is 1. The fourth-order valence-electron chi connectivity index (χ4n) is 2.43. The SMILES string of the molecule is O=C1NC(Cc2ccccc2)CNc2ccc(Br)cc21. The van der Waals surface area contributed by atoms with Gasteiger partial charge in [0.15, 0.2) is 0 Å². The minimum Gasteiger partial charge on any atom is -0.382 e. The van der Waals surface area contributed by atoms with Crippen LogP contribution in [0.25, 0.3) is 0 Å². The van der Waals surface area contributed by atoms with E-state index in [0.29, 0.717) is 5.56 Å². The van der Waals surface area contributed by atoms with E-state index >= 15 is 0 Å².